The van der Waals surface area contributed by atoms with E-state index >= 15 is 0 Å². The third kappa shape index (κ3) is 7.36. The molecule has 0 radical (unpaired) electrons. The van der Waals surface area contributed by atoms with E-state index in [4.69, 9.17) is 0 Å². The van der Waals surface area contributed by atoms with Crippen LogP contribution in [0.5, 0.6) is 0 Å². The summed E-state index contributed by atoms with van der Waals surface area (Å²) < 4.78 is 0.394. The van der Waals surface area contributed by atoms with Crippen molar-refractivity contribution in [1.29, 1.82) is 0 Å². The molecule has 0 spiro atoms. The molecule has 0 rings (SSSR count). The minimum atomic E-state index is -0.681. The van der Waals surface area contributed by atoms with Gasteiger partial charge in [-0.05, 0) is 25.2 Å². The Kier molecular flexibility index (Phi) is 9.25. The van der Waals surface area contributed by atoms with Crippen LogP contribution in [0.2, 0.25) is 0 Å². The van der Waals surface area contributed by atoms with Gasteiger partial charge in [-0.1, -0.05) is 50.3 Å². The molecule has 0 aliphatic rings. The first-order chi connectivity index (χ1) is 9.18. The Balaban J connectivity index is 4.79. The molecule has 0 heterocycles. The van der Waals surface area contributed by atoms with Gasteiger partial charge < -0.3 is 5.32 Å². The lowest BCUT2D eigenvalue weighted by molar-refractivity contribution is -0.138. The molecule has 0 saturated heterocycles. The summed E-state index contributed by atoms with van der Waals surface area (Å²) in [7, 11) is 0. The van der Waals surface area contributed by atoms with Crippen molar-refractivity contribution in [2.24, 2.45) is 11.8 Å². The summed E-state index contributed by atoms with van der Waals surface area (Å²) in [4.78, 5) is 35.2. The first-order valence-corrected chi connectivity index (χ1v) is 8.42. The minimum absolute atomic E-state index is 0.101. The molecular weight excluding hydrogens is 369 g/mol. The van der Waals surface area contributed by atoms with Crippen LogP contribution in [0.25, 0.3) is 0 Å². The number of carbonyl (C=O) groups excluding carboxylic acids is 3. The fraction of sp³-hybridized carbons (Fsp3) is 0.800. The molecule has 0 aromatic rings. The third-order valence-corrected chi connectivity index (χ3v) is 3.63. The summed E-state index contributed by atoms with van der Waals surface area (Å²) in [6.45, 7) is 9.27. The highest BCUT2D eigenvalue weighted by Gasteiger charge is 2.27. The summed E-state index contributed by atoms with van der Waals surface area (Å²) in [6.07, 6.45) is 2.03. The number of hydrogen-bond acceptors (Lipinski definition) is 3. The molecule has 5 heteroatoms. The first kappa shape index (κ1) is 19.5. The number of rotatable bonds is 9. The Hall–Kier alpha value is -0.460. The van der Waals surface area contributed by atoms with Gasteiger partial charge in [-0.15, -0.1) is 0 Å². The normalized spacial score (nSPS) is 15.6. The summed E-state index contributed by atoms with van der Waals surface area (Å²) >= 11 is 2.30. The number of alkyl halides is 1. The van der Waals surface area contributed by atoms with Gasteiger partial charge in [0.15, 0.2) is 5.78 Å². The van der Waals surface area contributed by atoms with Gasteiger partial charge in [-0.3, -0.25) is 14.4 Å². The van der Waals surface area contributed by atoms with Crippen LogP contribution in [0.15, 0.2) is 0 Å². The SMILES string of the molecule is CCC(NC(=O)[C@H](CC(C)C)C[C@@H](C)I)C(=O)C(C)=O. The van der Waals surface area contributed by atoms with Crippen LogP contribution in [-0.4, -0.2) is 27.4 Å². The molecule has 0 aromatic carbocycles. The molecule has 1 amide bonds. The van der Waals surface area contributed by atoms with Gasteiger partial charge in [0.2, 0.25) is 11.7 Å². The maximum absolute atomic E-state index is 12.3. The van der Waals surface area contributed by atoms with Crippen LogP contribution >= 0.6 is 22.6 Å². The number of ketones is 2. The van der Waals surface area contributed by atoms with Crippen LogP contribution in [0.3, 0.4) is 0 Å². The molecule has 116 valence electrons. The lowest BCUT2D eigenvalue weighted by Crippen LogP contribution is -2.45. The Morgan fingerprint density at radius 3 is 2.00 bits per heavy atom. The maximum Gasteiger partial charge on any atom is 0.223 e. The van der Waals surface area contributed by atoms with Crippen LogP contribution in [0.1, 0.15) is 53.9 Å². The predicted octanol–water partition coefficient (Wildman–Crippen LogP) is 2.92. The summed E-state index contributed by atoms with van der Waals surface area (Å²) in [5, 5.41) is 2.75. The molecule has 0 aliphatic heterocycles. The largest absolute Gasteiger partial charge is 0.346 e. The van der Waals surface area contributed by atoms with Crippen molar-refractivity contribution in [3.8, 4) is 0 Å². The van der Waals surface area contributed by atoms with Crippen molar-refractivity contribution in [3.05, 3.63) is 0 Å². The van der Waals surface area contributed by atoms with Gasteiger partial charge in [0.05, 0.1) is 6.04 Å². The number of carbonyl (C=O) groups is 3. The molecule has 1 N–H and O–H groups in total. The molecule has 20 heavy (non-hydrogen) atoms. The second-order valence-electron chi connectivity index (χ2n) is 5.73. The summed E-state index contributed by atoms with van der Waals surface area (Å²) in [5.41, 5.74) is 0. The molecule has 0 fully saturated rings. The van der Waals surface area contributed by atoms with Gasteiger partial charge >= 0.3 is 0 Å². The Bertz CT molecular complexity index is 343. The molecule has 0 bridgehead atoms. The highest BCUT2D eigenvalue weighted by molar-refractivity contribution is 14.1. The molecule has 1 unspecified atom stereocenters. The van der Waals surface area contributed by atoms with Gasteiger partial charge in [0.1, 0.15) is 0 Å². The van der Waals surface area contributed by atoms with E-state index in [2.05, 4.69) is 48.7 Å². The second-order valence-corrected chi connectivity index (χ2v) is 7.86. The van der Waals surface area contributed by atoms with E-state index in [0.29, 0.717) is 16.3 Å². The van der Waals surface area contributed by atoms with E-state index in [0.717, 1.165) is 12.8 Å². The third-order valence-electron chi connectivity index (χ3n) is 3.12. The monoisotopic (exact) mass is 395 g/mol. The van der Waals surface area contributed by atoms with Crippen molar-refractivity contribution in [2.75, 3.05) is 0 Å². The average Bonchev–Trinajstić information content (AvgIpc) is 2.32. The van der Waals surface area contributed by atoms with Gasteiger partial charge in [0.25, 0.3) is 0 Å². The zero-order chi connectivity index (χ0) is 15.9. The Morgan fingerprint density at radius 2 is 1.65 bits per heavy atom. The van der Waals surface area contributed by atoms with E-state index in [1.807, 2.05) is 0 Å². The Labute approximate surface area is 135 Å². The van der Waals surface area contributed by atoms with Crippen LogP contribution < -0.4 is 5.32 Å². The van der Waals surface area contributed by atoms with Gasteiger partial charge in [-0.25, -0.2) is 0 Å². The molecular formula is C15H26INO3. The van der Waals surface area contributed by atoms with Crippen LogP contribution in [0, 0.1) is 11.8 Å². The van der Waals surface area contributed by atoms with Crippen LogP contribution in [0.4, 0.5) is 0 Å². The van der Waals surface area contributed by atoms with Crippen molar-refractivity contribution < 1.29 is 14.4 Å². The fourth-order valence-electron chi connectivity index (χ4n) is 2.16. The number of Topliss-reactive ketones (excluding diaryl/α,β-unsaturated/α-hetero) is 2. The van der Waals surface area contributed by atoms with Crippen molar-refractivity contribution in [3.63, 3.8) is 0 Å². The topological polar surface area (TPSA) is 63.2 Å². The standard InChI is InChI=1S/C15H26INO3/c1-6-13(14(19)11(5)18)17-15(20)12(7-9(2)3)8-10(4)16/h9-10,12-13H,6-8H2,1-5H3,(H,17,20)/t10-,12-,13?/m1/s1. The number of nitrogens with one attached hydrogen (secondary N) is 1. The lowest BCUT2D eigenvalue weighted by Gasteiger charge is -2.22. The van der Waals surface area contributed by atoms with Crippen LogP contribution in [-0.2, 0) is 14.4 Å². The van der Waals surface area contributed by atoms with Gasteiger partial charge in [0, 0.05) is 16.8 Å². The highest BCUT2D eigenvalue weighted by atomic mass is 127. The smallest absolute Gasteiger partial charge is 0.223 e. The highest BCUT2D eigenvalue weighted by Crippen LogP contribution is 2.21. The fourth-order valence-corrected chi connectivity index (χ4v) is 2.77. The number of halogens is 1. The van der Waals surface area contributed by atoms with E-state index < -0.39 is 17.6 Å². The van der Waals surface area contributed by atoms with Crippen molar-refractivity contribution >= 4 is 40.1 Å². The molecule has 0 aromatic heterocycles. The molecule has 0 saturated carbocycles. The van der Waals surface area contributed by atoms with E-state index in [1.165, 1.54) is 6.92 Å². The molecule has 4 nitrogen and oxygen atoms in total. The zero-order valence-corrected chi connectivity index (χ0v) is 15.2. The predicted molar refractivity (Wildman–Crippen MR) is 89.0 cm³/mol. The number of hydrogen-bond donors (Lipinski definition) is 1. The number of amides is 1. The average molecular weight is 395 g/mol. The first-order valence-electron chi connectivity index (χ1n) is 7.18. The summed E-state index contributed by atoms with van der Waals surface area (Å²) in [5.74, 6) is -0.796. The van der Waals surface area contributed by atoms with Crippen molar-refractivity contribution in [1.82, 2.24) is 5.32 Å². The quantitative estimate of drug-likeness (QED) is 0.371. The minimum Gasteiger partial charge on any atom is -0.346 e. The Morgan fingerprint density at radius 1 is 1.10 bits per heavy atom. The maximum atomic E-state index is 12.3. The summed E-state index contributed by atoms with van der Waals surface area (Å²) in [6, 6.07) is -0.681. The van der Waals surface area contributed by atoms with Crippen molar-refractivity contribution in [2.45, 2.75) is 63.8 Å². The van der Waals surface area contributed by atoms with E-state index in [1.54, 1.807) is 6.92 Å². The molecule has 0 aliphatic carbocycles. The van der Waals surface area contributed by atoms with E-state index in [9.17, 15) is 14.4 Å². The van der Waals surface area contributed by atoms with Gasteiger partial charge in [-0.2, -0.15) is 0 Å². The lowest BCUT2D eigenvalue weighted by atomic mass is 9.91. The second kappa shape index (κ2) is 9.47. The van der Waals surface area contributed by atoms with E-state index in [-0.39, 0.29) is 11.8 Å². The zero-order valence-electron chi connectivity index (χ0n) is 13.0. The molecule has 3 atom stereocenters.